The van der Waals surface area contributed by atoms with E-state index in [0.29, 0.717) is 0 Å². The summed E-state index contributed by atoms with van der Waals surface area (Å²) in [5, 5.41) is 9.46. The van der Waals surface area contributed by atoms with Crippen LogP contribution in [0.2, 0.25) is 5.02 Å². The maximum absolute atomic E-state index is 8.72. The van der Waals surface area contributed by atoms with Crippen LogP contribution >= 0.6 is 23.4 Å². The smallest absolute Gasteiger partial charge is 0.0734 e. The molecule has 0 fully saturated rings. The molecular formula is C10H11ClOS. The van der Waals surface area contributed by atoms with Crippen LogP contribution in [-0.2, 0) is 5.75 Å². The largest absolute Gasteiger partial charge is 0.391 e. The van der Waals surface area contributed by atoms with Crippen LogP contribution in [0.25, 0.3) is 0 Å². The fourth-order valence-corrected chi connectivity index (χ4v) is 1.59. The Labute approximate surface area is 87.4 Å². The van der Waals surface area contributed by atoms with Gasteiger partial charge < -0.3 is 5.11 Å². The Morgan fingerprint density at radius 3 is 2.54 bits per heavy atom. The molecule has 0 aliphatic carbocycles. The fourth-order valence-electron chi connectivity index (χ4n) is 0.812. The third-order valence-electron chi connectivity index (χ3n) is 1.53. The van der Waals surface area contributed by atoms with E-state index in [2.05, 4.69) is 6.58 Å². The zero-order valence-corrected chi connectivity index (χ0v) is 8.74. The lowest BCUT2D eigenvalue weighted by Gasteiger charge is -2.01. The Kier molecular flexibility index (Phi) is 4.36. The van der Waals surface area contributed by atoms with Crippen molar-refractivity contribution in [2.24, 2.45) is 0 Å². The Hall–Kier alpha value is -0.440. The summed E-state index contributed by atoms with van der Waals surface area (Å²) in [5.41, 5.74) is 1.18. The second-order valence-corrected chi connectivity index (χ2v) is 4.20. The summed E-state index contributed by atoms with van der Waals surface area (Å²) in [6.45, 7) is 3.73. The standard InChI is InChI=1S/C10H11ClOS/c1-8(6-12)13-7-9-2-4-10(11)5-3-9/h2-5,12H,1,6-7H2. The van der Waals surface area contributed by atoms with Gasteiger partial charge in [0.25, 0.3) is 0 Å². The van der Waals surface area contributed by atoms with Crippen LogP contribution in [0.1, 0.15) is 5.56 Å². The second kappa shape index (κ2) is 5.32. The zero-order valence-electron chi connectivity index (χ0n) is 7.16. The molecule has 0 atom stereocenters. The number of rotatable bonds is 4. The molecule has 0 saturated carbocycles. The van der Waals surface area contributed by atoms with Gasteiger partial charge in [0.2, 0.25) is 0 Å². The molecule has 0 aliphatic rings. The summed E-state index contributed by atoms with van der Waals surface area (Å²) >= 11 is 7.29. The molecule has 70 valence electrons. The first-order valence-corrected chi connectivity index (χ1v) is 5.24. The van der Waals surface area contributed by atoms with Gasteiger partial charge in [-0.3, -0.25) is 0 Å². The van der Waals surface area contributed by atoms with Gasteiger partial charge in [-0.2, -0.15) is 0 Å². The Balaban J connectivity index is 2.46. The maximum atomic E-state index is 8.72. The average Bonchev–Trinajstić information content (AvgIpc) is 2.16. The summed E-state index contributed by atoms with van der Waals surface area (Å²) < 4.78 is 0. The van der Waals surface area contributed by atoms with Gasteiger partial charge in [-0.25, -0.2) is 0 Å². The van der Waals surface area contributed by atoms with E-state index in [0.717, 1.165) is 15.7 Å². The number of hydrogen-bond acceptors (Lipinski definition) is 2. The number of benzene rings is 1. The Morgan fingerprint density at radius 1 is 1.38 bits per heavy atom. The lowest BCUT2D eigenvalue weighted by Crippen LogP contribution is -1.85. The third kappa shape index (κ3) is 3.85. The van der Waals surface area contributed by atoms with Crippen molar-refractivity contribution in [3.63, 3.8) is 0 Å². The predicted octanol–water partition coefficient (Wildman–Crippen LogP) is 3.08. The normalized spacial score (nSPS) is 10.0. The van der Waals surface area contributed by atoms with Crippen molar-refractivity contribution in [1.29, 1.82) is 0 Å². The minimum atomic E-state index is 0.0399. The van der Waals surface area contributed by atoms with Crippen LogP contribution in [-0.4, -0.2) is 11.7 Å². The molecular weight excluding hydrogens is 204 g/mol. The topological polar surface area (TPSA) is 20.2 Å². The van der Waals surface area contributed by atoms with Gasteiger partial charge in [0.05, 0.1) is 6.61 Å². The number of aliphatic hydroxyl groups is 1. The van der Waals surface area contributed by atoms with E-state index in [-0.39, 0.29) is 6.61 Å². The molecule has 0 heterocycles. The van der Waals surface area contributed by atoms with Crippen LogP contribution in [0.5, 0.6) is 0 Å². The van der Waals surface area contributed by atoms with Gasteiger partial charge >= 0.3 is 0 Å². The number of thioether (sulfide) groups is 1. The molecule has 1 rings (SSSR count). The van der Waals surface area contributed by atoms with Crippen molar-refractivity contribution in [2.75, 3.05) is 6.61 Å². The van der Waals surface area contributed by atoms with Crippen LogP contribution in [0.15, 0.2) is 35.7 Å². The Bertz CT molecular complexity index is 281. The van der Waals surface area contributed by atoms with E-state index in [1.807, 2.05) is 24.3 Å². The number of aliphatic hydroxyl groups excluding tert-OH is 1. The average molecular weight is 215 g/mol. The molecule has 0 saturated heterocycles. The van der Waals surface area contributed by atoms with Crippen LogP contribution in [0.3, 0.4) is 0 Å². The van der Waals surface area contributed by atoms with E-state index >= 15 is 0 Å². The highest BCUT2D eigenvalue weighted by Gasteiger charge is 1.95. The monoisotopic (exact) mass is 214 g/mol. The second-order valence-electron chi connectivity index (χ2n) is 2.61. The number of halogens is 1. The van der Waals surface area contributed by atoms with Gasteiger partial charge in [-0.05, 0) is 17.7 Å². The zero-order chi connectivity index (χ0) is 9.68. The molecule has 1 aromatic carbocycles. The van der Waals surface area contributed by atoms with Crippen molar-refractivity contribution in [1.82, 2.24) is 0 Å². The quantitative estimate of drug-likeness (QED) is 0.832. The molecule has 1 N–H and O–H groups in total. The highest BCUT2D eigenvalue weighted by Crippen LogP contribution is 2.20. The van der Waals surface area contributed by atoms with Gasteiger partial charge in [0, 0.05) is 15.7 Å². The predicted molar refractivity (Wildman–Crippen MR) is 59.0 cm³/mol. The van der Waals surface area contributed by atoms with Crippen molar-refractivity contribution < 1.29 is 5.11 Å². The van der Waals surface area contributed by atoms with Crippen molar-refractivity contribution >= 4 is 23.4 Å². The van der Waals surface area contributed by atoms with E-state index in [1.54, 1.807) is 11.8 Å². The molecule has 1 aromatic rings. The molecule has 0 radical (unpaired) electrons. The van der Waals surface area contributed by atoms with Crippen LogP contribution in [0, 0.1) is 0 Å². The van der Waals surface area contributed by atoms with Crippen molar-refractivity contribution in [3.05, 3.63) is 46.3 Å². The van der Waals surface area contributed by atoms with E-state index < -0.39 is 0 Å². The summed E-state index contributed by atoms with van der Waals surface area (Å²) in [6, 6.07) is 7.66. The first kappa shape index (κ1) is 10.6. The maximum Gasteiger partial charge on any atom is 0.0734 e. The van der Waals surface area contributed by atoms with Crippen molar-refractivity contribution in [3.8, 4) is 0 Å². The molecule has 0 amide bonds. The van der Waals surface area contributed by atoms with Gasteiger partial charge in [-0.15, -0.1) is 11.8 Å². The minimum Gasteiger partial charge on any atom is -0.391 e. The molecule has 0 unspecified atom stereocenters. The summed E-state index contributed by atoms with van der Waals surface area (Å²) in [5.74, 6) is 0.830. The highest BCUT2D eigenvalue weighted by molar-refractivity contribution is 8.02. The van der Waals surface area contributed by atoms with Gasteiger partial charge in [0.1, 0.15) is 0 Å². The SMILES string of the molecule is C=C(CO)SCc1ccc(Cl)cc1. The van der Waals surface area contributed by atoms with Crippen LogP contribution < -0.4 is 0 Å². The summed E-state index contributed by atoms with van der Waals surface area (Å²) in [4.78, 5) is 0.787. The van der Waals surface area contributed by atoms with Gasteiger partial charge in [0.15, 0.2) is 0 Å². The lowest BCUT2D eigenvalue weighted by atomic mass is 10.2. The molecule has 13 heavy (non-hydrogen) atoms. The minimum absolute atomic E-state index is 0.0399. The summed E-state index contributed by atoms with van der Waals surface area (Å²) in [7, 11) is 0. The van der Waals surface area contributed by atoms with E-state index in [1.165, 1.54) is 5.56 Å². The fraction of sp³-hybridized carbons (Fsp3) is 0.200. The van der Waals surface area contributed by atoms with E-state index in [4.69, 9.17) is 16.7 Å². The molecule has 0 spiro atoms. The number of hydrogen-bond donors (Lipinski definition) is 1. The van der Waals surface area contributed by atoms with E-state index in [9.17, 15) is 0 Å². The van der Waals surface area contributed by atoms with Crippen LogP contribution in [0.4, 0.5) is 0 Å². The molecule has 3 heteroatoms. The van der Waals surface area contributed by atoms with Crippen molar-refractivity contribution in [2.45, 2.75) is 5.75 Å². The van der Waals surface area contributed by atoms with Gasteiger partial charge in [-0.1, -0.05) is 30.3 Å². The Morgan fingerprint density at radius 2 is 2.00 bits per heavy atom. The summed E-state index contributed by atoms with van der Waals surface area (Å²) in [6.07, 6.45) is 0. The first-order valence-electron chi connectivity index (χ1n) is 3.88. The lowest BCUT2D eigenvalue weighted by molar-refractivity contribution is 0.340. The molecule has 0 bridgehead atoms. The molecule has 0 aliphatic heterocycles. The highest BCUT2D eigenvalue weighted by atomic mass is 35.5. The third-order valence-corrected chi connectivity index (χ3v) is 2.80. The molecule has 1 nitrogen and oxygen atoms in total. The molecule has 0 aromatic heterocycles. The first-order chi connectivity index (χ1) is 6.22.